The maximum Gasteiger partial charge on any atom is 0.263 e. The smallest absolute Gasteiger partial charge is 0.263 e. The number of rotatable bonds is 6. The second-order valence-corrected chi connectivity index (χ2v) is 10.8. The first-order valence-corrected chi connectivity index (χ1v) is 12.1. The van der Waals surface area contributed by atoms with E-state index in [0.717, 1.165) is 21.6 Å². The number of amides is 1. The lowest BCUT2D eigenvalue weighted by atomic mass is 10.1. The first-order chi connectivity index (χ1) is 13.2. The Morgan fingerprint density at radius 3 is 2.54 bits per heavy atom. The van der Waals surface area contributed by atoms with Crippen LogP contribution in [0.1, 0.15) is 34.9 Å². The van der Waals surface area contributed by atoms with Crippen LogP contribution in [0.15, 0.2) is 29.6 Å². The van der Waals surface area contributed by atoms with Gasteiger partial charge in [0.25, 0.3) is 5.91 Å². The Bertz CT molecular complexity index is 965. The lowest BCUT2D eigenvalue weighted by Crippen LogP contribution is -2.46. The summed E-state index contributed by atoms with van der Waals surface area (Å²) in [4.78, 5) is 16.0. The van der Waals surface area contributed by atoms with Crippen LogP contribution in [-0.4, -0.2) is 42.9 Å². The van der Waals surface area contributed by atoms with Crippen molar-refractivity contribution in [1.82, 2.24) is 4.90 Å². The van der Waals surface area contributed by atoms with Crippen LogP contribution in [0.3, 0.4) is 0 Å². The molecular weight excluding hydrogens is 394 g/mol. The molecule has 5 nitrogen and oxygen atoms in total. The van der Waals surface area contributed by atoms with Crippen molar-refractivity contribution in [3.63, 3.8) is 0 Å². The molecule has 2 aromatic rings. The third kappa shape index (κ3) is 4.75. The summed E-state index contributed by atoms with van der Waals surface area (Å²) in [6, 6.07) is 7.47. The number of nitrogens with zero attached hydrogens (tertiary/aromatic N) is 1. The molecule has 1 amide bonds. The molecule has 152 valence electrons. The fourth-order valence-electron chi connectivity index (χ4n) is 3.40. The van der Waals surface area contributed by atoms with Gasteiger partial charge in [-0.3, -0.25) is 4.79 Å². The van der Waals surface area contributed by atoms with E-state index in [2.05, 4.69) is 0 Å². The summed E-state index contributed by atoms with van der Waals surface area (Å²) in [5, 5.41) is 1.99. The Balaban J connectivity index is 1.80. The molecule has 2 unspecified atom stereocenters. The van der Waals surface area contributed by atoms with Crippen LogP contribution in [0.2, 0.25) is 0 Å². The Hall–Kier alpha value is -1.86. The highest BCUT2D eigenvalue weighted by molar-refractivity contribution is 7.91. The van der Waals surface area contributed by atoms with Crippen molar-refractivity contribution >= 4 is 27.1 Å². The van der Waals surface area contributed by atoms with E-state index in [1.165, 1.54) is 0 Å². The largest absolute Gasteiger partial charge is 0.481 e. The Kier molecular flexibility index (Phi) is 6.15. The van der Waals surface area contributed by atoms with E-state index in [9.17, 15) is 13.2 Å². The molecule has 7 heteroatoms. The first kappa shape index (κ1) is 20.9. The van der Waals surface area contributed by atoms with Crippen molar-refractivity contribution in [3.05, 3.63) is 51.2 Å². The molecule has 0 aliphatic carbocycles. The van der Waals surface area contributed by atoms with Gasteiger partial charge >= 0.3 is 0 Å². The van der Waals surface area contributed by atoms with Gasteiger partial charge in [0.2, 0.25) is 0 Å². The van der Waals surface area contributed by atoms with E-state index in [1.807, 2.05) is 50.4 Å². The molecule has 0 N–H and O–H groups in total. The van der Waals surface area contributed by atoms with E-state index in [0.29, 0.717) is 18.7 Å². The fourth-order valence-corrected chi connectivity index (χ4v) is 6.04. The molecule has 0 spiro atoms. The first-order valence-electron chi connectivity index (χ1n) is 9.44. The van der Waals surface area contributed by atoms with Gasteiger partial charge in [-0.25, -0.2) is 8.42 Å². The van der Waals surface area contributed by atoms with Crippen molar-refractivity contribution < 1.29 is 17.9 Å². The monoisotopic (exact) mass is 421 g/mol. The van der Waals surface area contributed by atoms with Crippen LogP contribution in [0.5, 0.6) is 5.75 Å². The van der Waals surface area contributed by atoms with Crippen molar-refractivity contribution in [3.8, 4) is 5.75 Å². The van der Waals surface area contributed by atoms with E-state index in [1.54, 1.807) is 23.2 Å². The minimum Gasteiger partial charge on any atom is -0.481 e. The van der Waals surface area contributed by atoms with Crippen molar-refractivity contribution in [2.75, 3.05) is 11.5 Å². The molecular formula is C21H27NO4S2. The Morgan fingerprint density at radius 2 is 1.96 bits per heavy atom. The Morgan fingerprint density at radius 1 is 1.21 bits per heavy atom. The average molecular weight is 422 g/mol. The molecule has 3 rings (SSSR count). The normalized spacial score (nSPS) is 19.4. The van der Waals surface area contributed by atoms with Crippen molar-refractivity contribution in [1.29, 1.82) is 0 Å². The molecule has 1 aliphatic heterocycles. The molecule has 1 aromatic heterocycles. The lowest BCUT2D eigenvalue weighted by Gasteiger charge is -2.31. The van der Waals surface area contributed by atoms with Crippen LogP contribution >= 0.6 is 11.3 Å². The summed E-state index contributed by atoms with van der Waals surface area (Å²) in [6.45, 7) is 8.19. The minimum absolute atomic E-state index is 0.0273. The van der Waals surface area contributed by atoms with Gasteiger partial charge in [0.15, 0.2) is 15.9 Å². The summed E-state index contributed by atoms with van der Waals surface area (Å²) in [7, 11) is -3.09. The van der Waals surface area contributed by atoms with Crippen LogP contribution in [-0.2, 0) is 21.2 Å². The molecule has 1 saturated heterocycles. The number of aryl methyl sites for hydroxylation is 3. The highest BCUT2D eigenvalue weighted by atomic mass is 32.2. The summed E-state index contributed by atoms with van der Waals surface area (Å²) in [5.41, 5.74) is 3.38. The average Bonchev–Trinajstić information content (AvgIpc) is 3.20. The molecule has 2 heterocycles. The number of benzene rings is 1. The van der Waals surface area contributed by atoms with Gasteiger partial charge in [-0.15, -0.1) is 11.3 Å². The number of hydrogen-bond donors (Lipinski definition) is 0. The number of thiophene rings is 1. The van der Waals surface area contributed by atoms with Crippen LogP contribution in [0, 0.1) is 20.8 Å². The zero-order valence-corrected chi connectivity index (χ0v) is 18.4. The van der Waals surface area contributed by atoms with Gasteiger partial charge in [-0.05, 0) is 74.4 Å². The summed E-state index contributed by atoms with van der Waals surface area (Å²) >= 11 is 1.59. The molecule has 0 saturated carbocycles. The SMILES string of the molecule is Cc1ccc(OC(C)C(=O)N(Cc2sccc2C)C2CCS(=O)(=O)C2)cc1C. The highest BCUT2D eigenvalue weighted by Crippen LogP contribution is 2.26. The predicted octanol–water partition coefficient (Wildman–Crippen LogP) is 3.66. The molecule has 0 bridgehead atoms. The van der Waals surface area contributed by atoms with Crippen molar-refractivity contribution in [2.24, 2.45) is 0 Å². The van der Waals surface area contributed by atoms with E-state index >= 15 is 0 Å². The van der Waals surface area contributed by atoms with Gasteiger partial charge in [0.1, 0.15) is 5.75 Å². The zero-order valence-electron chi connectivity index (χ0n) is 16.8. The maximum atomic E-state index is 13.2. The van der Waals surface area contributed by atoms with Crippen molar-refractivity contribution in [2.45, 2.75) is 52.8 Å². The van der Waals surface area contributed by atoms with E-state index in [-0.39, 0.29) is 23.5 Å². The minimum atomic E-state index is -3.09. The quantitative estimate of drug-likeness (QED) is 0.714. The highest BCUT2D eigenvalue weighted by Gasteiger charge is 2.37. The van der Waals surface area contributed by atoms with Gasteiger partial charge in [-0.1, -0.05) is 6.07 Å². The van der Waals surface area contributed by atoms with Gasteiger partial charge < -0.3 is 9.64 Å². The third-order valence-electron chi connectivity index (χ3n) is 5.35. The fraction of sp³-hybridized carbons (Fsp3) is 0.476. The molecule has 1 aromatic carbocycles. The second kappa shape index (κ2) is 8.25. The summed E-state index contributed by atoms with van der Waals surface area (Å²) < 4.78 is 29.9. The standard InChI is InChI=1S/C21H27NO4S2/c1-14-5-6-19(11-16(14)3)26-17(4)21(23)22(12-20-15(2)7-9-27-20)18-8-10-28(24,25)13-18/h5-7,9,11,17-18H,8,10,12-13H2,1-4H3. The molecule has 28 heavy (non-hydrogen) atoms. The third-order valence-corrected chi connectivity index (χ3v) is 8.11. The lowest BCUT2D eigenvalue weighted by molar-refractivity contribution is -0.140. The van der Waals surface area contributed by atoms with Crippen LogP contribution < -0.4 is 4.74 Å². The second-order valence-electron chi connectivity index (χ2n) is 7.56. The summed E-state index contributed by atoms with van der Waals surface area (Å²) in [6.07, 6.45) is -0.208. The van der Waals surface area contributed by atoms with Crippen LogP contribution in [0.4, 0.5) is 0 Å². The molecule has 1 fully saturated rings. The Labute approximate surface area is 171 Å². The topological polar surface area (TPSA) is 63.7 Å². The summed E-state index contributed by atoms with van der Waals surface area (Å²) in [5.74, 6) is 0.639. The molecule has 0 radical (unpaired) electrons. The number of carbonyl (C=O) groups excluding carboxylic acids is 1. The number of hydrogen-bond acceptors (Lipinski definition) is 5. The van der Waals surface area contributed by atoms with E-state index < -0.39 is 15.9 Å². The number of sulfone groups is 1. The molecule has 1 aliphatic rings. The van der Waals surface area contributed by atoms with Gasteiger partial charge in [0.05, 0.1) is 18.1 Å². The molecule has 2 atom stereocenters. The zero-order chi connectivity index (χ0) is 20.5. The van der Waals surface area contributed by atoms with Gasteiger partial charge in [0, 0.05) is 10.9 Å². The maximum absolute atomic E-state index is 13.2. The van der Waals surface area contributed by atoms with Crippen LogP contribution in [0.25, 0.3) is 0 Å². The predicted molar refractivity (Wildman–Crippen MR) is 113 cm³/mol. The van der Waals surface area contributed by atoms with Gasteiger partial charge in [-0.2, -0.15) is 0 Å². The number of carbonyl (C=O) groups is 1. The number of ether oxygens (including phenoxy) is 1. The van der Waals surface area contributed by atoms with E-state index in [4.69, 9.17) is 4.74 Å².